The van der Waals surface area contributed by atoms with E-state index in [-0.39, 0.29) is 0 Å². The number of rotatable bonds is 5. The lowest BCUT2D eigenvalue weighted by Gasteiger charge is -2.14. The molecule has 0 bridgehead atoms. The van der Waals surface area contributed by atoms with Crippen molar-refractivity contribution in [1.82, 2.24) is 4.98 Å². The Morgan fingerprint density at radius 1 is 1.55 bits per heavy atom. The fraction of sp³-hybridized carbons (Fsp3) is 0.600. The van der Waals surface area contributed by atoms with E-state index in [2.05, 4.69) is 17.2 Å². The number of pyridine rings is 1. The van der Waals surface area contributed by atoms with Crippen molar-refractivity contribution in [3.05, 3.63) is 17.8 Å². The molecule has 2 rings (SSSR count). The third-order valence-electron chi connectivity index (χ3n) is 3.85. The first-order valence-electron chi connectivity index (χ1n) is 7.27. The topological polar surface area (TPSA) is 77.2 Å². The van der Waals surface area contributed by atoms with Crippen molar-refractivity contribution in [2.24, 2.45) is 11.8 Å². The number of aromatic nitrogens is 1. The number of esters is 1. The predicted molar refractivity (Wildman–Crippen MR) is 79.6 cm³/mol. The standard InChI is InChI=1S/C15H23N3O2/c1-3-20-15(19)12-6-7-17-14(13(12)16)18-9-11-5-4-10(2)8-11/h6-7,10-11H,3-5,8-9,16H2,1-2H3,(H,17,18). The molecule has 0 spiro atoms. The molecule has 1 fully saturated rings. The lowest BCUT2D eigenvalue weighted by molar-refractivity contribution is 0.0527. The van der Waals surface area contributed by atoms with Crippen LogP contribution in [0.5, 0.6) is 0 Å². The maximum atomic E-state index is 11.8. The van der Waals surface area contributed by atoms with Gasteiger partial charge in [0.2, 0.25) is 0 Å². The van der Waals surface area contributed by atoms with Gasteiger partial charge in [-0.2, -0.15) is 0 Å². The van der Waals surface area contributed by atoms with Crippen LogP contribution >= 0.6 is 0 Å². The molecule has 0 aliphatic heterocycles. The highest BCUT2D eigenvalue weighted by Gasteiger charge is 2.22. The summed E-state index contributed by atoms with van der Waals surface area (Å²) in [7, 11) is 0. The SMILES string of the molecule is CCOC(=O)c1ccnc(NCC2CCC(C)C2)c1N. The van der Waals surface area contributed by atoms with E-state index < -0.39 is 5.97 Å². The summed E-state index contributed by atoms with van der Waals surface area (Å²) in [5.41, 5.74) is 6.75. The van der Waals surface area contributed by atoms with Crippen LogP contribution in [0.15, 0.2) is 12.3 Å². The summed E-state index contributed by atoms with van der Waals surface area (Å²) in [6.07, 6.45) is 5.36. The number of anilines is 2. The van der Waals surface area contributed by atoms with Gasteiger partial charge in [-0.15, -0.1) is 0 Å². The molecule has 1 aliphatic rings. The first kappa shape index (κ1) is 14.6. The second kappa shape index (κ2) is 6.59. The van der Waals surface area contributed by atoms with Crippen LogP contribution < -0.4 is 11.1 Å². The summed E-state index contributed by atoms with van der Waals surface area (Å²) in [5.74, 6) is 1.65. The van der Waals surface area contributed by atoms with Crippen LogP contribution in [0.25, 0.3) is 0 Å². The molecule has 3 N–H and O–H groups in total. The summed E-state index contributed by atoms with van der Waals surface area (Å²) in [6, 6.07) is 1.59. The Bertz CT molecular complexity index is 476. The number of ether oxygens (including phenoxy) is 1. The molecule has 2 atom stereocenters. The maximum absolute atomic E-state index is 11.8. The molecule has 1 aromatic rings. The number of nitrogens with two attached hydrogens (primary N) is 1. The van der Waals surface area contributed by atoms with Gasteiger partial charge in [0.1, 0.15) is 5.82 Å². The molecule has 1 aliphatic carbocycles. The Hall–Kier alpha value is -1.78. The number of carbonyl (C=O) groups excluding carboxylic acids is 1. The summed E-state index contributed by atoms with van der Waals surface area (Å²) in [5, 5.41) is 3.27. The quantitative estimate of drug-likeness (QED) is 0.809. The van der Waals surface area contributed by atoms with E-state index in [0.717, 1.165) is 12.5 Å². The number of hydrogen-bond donors (Lipinski definition) is 2. The zero-order chi connectivity index (χ0) is 14.5. The summed E-state index contributed by atoms with van der Waals surface area (Å²) < 4.78 is 4.98. The average molecular weight is 277 g/mol. The van der Waals surface area contributed by atoms with Crippen LogP contribution in [0.1, 0.15) is 43.5 Å². The summed E-state index contributed by atoms with van der Waals surface area (Å²) in [4.78, 5) is 16.0. The number of nitrogens with one attached hydrogen (secondary N) is 1. The van der Waals surface area contributed by atoms with Gasteiger partial charge in [-0.1, -0.05) is 13.3 Å². The molecule has 0 aromatic carbocycles. The van der Waals surface area contributed by atoms with Crippen molar-refractivity contribution in [2.75, 3.05) is 24.2 Å². The first-order valence-corrected chi connectivity index (χ1v) is 7.27. The average Bonchev–Trinajstić information content (AvgIpc) is 2.83. The highest BCUT2D eigenvalue weighted by Crippen LogP contribution is 2.31. The second-order valence-corrected chi connectivity index (χ2v) is 5.51. The van der Waals surface area contributed by atoms with Gasteiger partial charge >= 0.3 is 5.97 Å². The van der Waals surface area contributed by atoms with Crippen molar-refractivity contribution in [3.63, 3.8) is 0 Å². The zero-order valence-corrected chi connectivity index (χ0v) is 12.2. The molecule has 0 saturated heterocycles. The molecule has 20 heavy (non-hydrogen) atoms. The Balaban J connectivity index is 2.01. The Morgan fingerprint density at radius 3 is 3.00 bits per heavy atom. The molecule has 5 nitrogen and oxygen atoms in total. The number of nitrogens with zero attached hydrogens (tertiary/aromatic N) is 1. The van der Waals surface area contributed by atoms with E-state index in [0.29, 0.717) is 29.6 Å². The van der Waals surface area contributed by atoms with Crippen LogP contribution in [-0.4, -0.2) is 24.1 Å². The van der Waals surface area contributed by atoms with Crippen molar-refractivity contribution in [1.29, 1.82) is 0 Å². The Labute approximate surface area is 119 Å². The lowest BCUT2D eigenvalue weighted by Crippen LogP contribution is -2.16. The van der Waals surface area contributed by atoms with Crippen molar-refractivity contribution in [2.45, 2.75) is 33.1 Å². The van der Waals surface area contributed by atoms with E-state index in [9.17, 15) is 4.79 Å². The van der Waals surface area contributed by atoms with E-state index in [1.807, 2.05) is 0 Å². The van der Waals surface area contributed by atoms with Crippen LogP contribution in [0.3, 0.4) is 0 Å². The predicted octanol–water partition coefficient (Wildman–Crippen LogP) is 2.69. The largest absolute Gasteiger partial charge is 0.462 e. The van der Waals surface area contributed by atoms with Crippen LogP contribution in [-0.2, 0) is 4.74 Å². The van der Waals surface area contributed by atoms with Gasteiger partial charge in [0.25, 0.3) is 0 Å². The molecule has 2 unspecified atom stereocenters. The number of carbonyl (C=O) groups is 1. The molecular formula is C15H23N3O2. The Kier molecular flexibility index (Phi) is 4.82. The van der Waals surface area contributed by atoms with Gasteiger partial charge in [0, 0.05) is 12.7 Å². The van der Waals surface area contributed by atoms with Gasteiger partial charge in [-0.05, 0) is 37.7 Å². The third kappa shape index (κ3) is 3.40. The van der Waals surface area contributed by atoms with Crippen molar-refractivity contribution < 1.29 is 9.53 Å². The van der Waals surface area contributed by atoms with Crippen molar-refractivity contribution >= 4 is 17.5 Å². The molecule has 1 saturated carbocycles. The van der Waals surface area contributed by atoms with Gasteiger partial charge in [0.05, 0.1) is 17.9 Å². The molecule has 1 heterocycles. The highest BCUT2D eigenvalue weighted by atomic mass is 16.5. The van der Waals surface area contributed by atoms with E-state index in [1.54, 1.807) is 19.2 Å². The minimum atomic E-state index is -0.398. The fourth-order valence-electron chi connectivity index (χ4n) is 2.75. The van der Waals surface area contributed by atoms with E-state index in [4.69, 9.17) is 10.5 Å². The lowest BCUT2D eigenvalue weighted by atomic mass is 10.1. The van der Waals surface area contributed by atoms with Gasteiger partial charge in [0.15, 0.2) is 0 Å². The van der Waals surface area contributed by atoms with Crippen molar-refractivity contribution in [3.8, 4) is 0 Å². The summed E-state index contributed by atoms with van der Waals surface area (Å²) >= 11 is 0. The van der Waals surface area contributed by atoms with Gasteiger partial charge in [-0.25, -0.2) is 9.78 Å². The molecule has 5 heteroatoms. The Morgan fingerprint density at radius 2 is 2.35 bits per heavy atom. The third-order valence-corrected chi connectivity index (χ3v) is 3.85. The van der Waals surface area contributed by atoms with Crippen LogP contribution in [0, 0.1) is 11.8 Å². The molecule has 0 amide bonds. The minimum absolute atomic E-state index is 0.337. The molecule has 0 radical (unpaired) electrons. The maximum Gasteiger partial charge on any atom is 0.340 e. The fourth-order valence-corrected chi connectivity index (χ4v) is 2.75. The van der Waals surface area contributed by atoms with Gasteiger partial charge < -0.3 is 15.8 Å². The minimum Gasteiger partial charge on any atom is -0.462 e. The normalized spacial score (nSPS) is 21.7. The molecule has 110 valence electrons. The van der Waals surface area contributed by atoms with Gasteiger partial charge in [-0.3, -0.25) is 0 Å². The van der Waals surface area contributed by atoms with E-state index >= 15 is 0 Å². The molecule has 1 aromatic heterocycles. The van der Waals surface area contributed by atoms with Crippen LogP contribution in [0.4, 0.5) is 11.5 Å². The van der Waals surface area contributed by atoms with E-state index in [1.165, 1.54) is 19.3 Å². The first-order chi connectivity index (χ1) is 9.61. The zero-order valence-electron chi connectivity index (χ0n) is 12.2. The number of hydrogen-bond acceptors (Lipinski definition) is 5. The van der Waals surface area contributed by atoms with Crippen LogP contribution in [0.2, 0.25) is 0 Å². The number of nitrogen functional groups attached to an aromatic ring is 1. The summed E-state index contributed by atoms with van der Waals surface area (Å²) in [6.45, 7) is 5.25. The molecular weight excluding hydrogens is 254 g/mol. The highest BCUT2D eigenvalue weighted by molar-refractivity contribution is 5.97. The smallest absolute Gasteiger partial charge is 0.340 e. The monoisotopic (exact) mass is 277 g/mol. The second-order valence-electron chi connectivity index (χ2n) is 5.51.